The molecule has 0 saturated carbocycles. The maximum absolute atomic E-state index is 13.3. The smallest absolute Gasteiger partial charge is 0.258 e. The average Bonchev–Trinajstić information content (AvgIpc) is 3.47. The lowest BCUT2D eigenvalue weighted by molar-refractivity contribution is -0.384. The van der Waals surface area contributed by atoms with Gasteiger partial charge in [-0.3, -0.25) is 10.1 Å². The molecule has 0 atom stereocenters. The lowest BCUT2D eigenvalue weighted by atomic mass is 10.2. The van der Waals surface area contributed by atoms with Crippen molar-refractivity contribution >= 4 is 5.69 Å². The van der Waals surface area contributed by atoms with Crippen LogP contribution in [0.2, 0.25) is 0 Å². The summed E-state index contributed by atoms with van der Waals surface area (Å²) >= 11 is 0. The Hall–Kier alpha value is -3.88. The number of hydrogen-bond donors (Lipinski definition) is 0. The van der Waals surface area contributed by atoms with Crippen molar-refractivity contribution in [2.24, 2.45) is 0 Å². The predicted octanol–water partition coefficient (Wildman–Crippen LogP) is 3.72. The van der Waals surface area contributed by atoms with Gasteiger partial charge in [-0.25, -0.2) is 18.7 Å². The monoisotopic (exact) mass is 404 g/mol. The van der Waals surface area contributed by atoms with Crippen LogP contribution in [-0.4, -0.2) is 29.5 Å². The number of nitro groups is 1. The second-order valence-corrected chi connectivity index (χ2v) is 7.19. The van der Waals surface area contributed by atoms with Gasteiger partial charge >= 0.3 is 0 Å². The molecule has 2 aromatic carbocycles. The van der Waals surface area contributed by atoms with Crippen molar-refractivity contribution in [2.45, 2.75) is 25.8 Å². The maximum atomic E-state index is 13.3. The molecule has 0 fully saturated rings. The molecule has 0 saturated heterocycles. The first kappa shape index (κ1) is 18.2. The van der Waals surface area contributed by atoms with E-state index in [-0.39, 0.29) is 11.5 Å². The zero-order valence-corrected chi connectivity index (χ0v) is 15.9. The molecule has 0 unspecified atom stereocenters. The standard InChI is InChI=1S/C21H17FN6O2/c22-15-7-9-16(10-8-15)27-20-6-2-5-18(20)19(24-27)12-26-13-23-21(25-26)14-3-1-4-17(11-14)28(29)30/h1,3-4,7-11,13H,2,5-6,12H2. The van der Waals surface area contributed by atoms with E-state index in [1.165, 1.54) is 29.8 Å². The van der Waals surface area contributed by atoms with Crippen LogP contribution in [0.25, 0.3) is 17.1 Å². The third-order valence-corrected chi connectivity index (χ3v) is 5.25. The van der Waals surface area contributed by atoms with E-state index >= 15 is 0 Å². The summed E-state index contributed by atoms with van der Waals surface area (Å²) in [5.74, 6) is 0.146. The number of nitro benzene ring substituents is 1. The molecule has 0 spiro atoms. The van der Waals surface area contributed by atoms with E-state index < -0.39 is 4.92 Å². The minimum absolute atomic E-state index is 0.000268. The first-order chi connectivity index (χ1) is 14.6. The molecule has 0 radical (unpaired) electrons. The Bertz CT molecular complexity index is 1240. The summed E-state index contributed by atoms with van der Waals surface area (Å²) in [6, 6.07) is 12.6. The Kier molecular flexibility index (Phi) is 4.35. The number of aromatic nitrogens is 5. The highest BCUT2D eigenvalue weighted by atomic mass is 19.1. The Morgan fingerprint density at radius 3 is 2.73 bits per heavy atom. The number of nitrogens with zero attached hydrogens (tertiary/aromatic N) is 6. The third-order valence-electron chi connectivity index (χ3n) is 5.25. The Morgan fingerprint density at radius 1 is 1.10 bits per heavy atom. The van der Waals surface area contributed by atoms with E-state index in [0.717, 1.165) is 36.3 Å². The van der Waals surface area contributed by atoms with Crippen molar-refractivity contribution in [3.63, 3.8) is 0 Å². The van der Waals surface area contributed by atoms with Gasteiger partial charge in [0.15, 0.2) is 5.82 Å². The van der Waals surface area contributed by atoms with E-state index in [4.69, 9.17) is 5.10 Å². The van der Waals surface area contributed by atoms with Gasteiger partial charge in [-0.05, 0) is 49.1 Å². The summed E-state index contributed by atoms with van der Waals surface area (Å²) < 4.78 is 16.9. The van der Waals surface area contributed by atoms with E-state index in [1.807, 2.05) is 4.68 Å². The molecule has 0 aliphatic heterocycles. The molecule has 4 aromatic rings. The van der Waals surface area contributed by atoms with Gasteiger partial charge in [0.1, 0.15) is 12.1 Å². The molecule has 30 heavy (non-hydrogen) atoms. The van der Waals surface area contributed by atoms with Crippen LogP contribution < -0.4 is 0 Å². The quantitative estimate of drug-likeness (QED) is 0.373. The summed E-state index contributed by atoms with van der Waals surface area (Å²) in [7, 11) is 0. The summed E-state index contributed by atoms with van der Waals surface area (Å²) in [6.45, 7) is 0.443. The summed E-state index contributed by atoms with van der Waals surface area (Å²) in [5.41, 5.74) is 4.67. The van der Waals surface area contributed by atoms with Gasteiger partial charge in [0.25, 0.3) is 5.69 Å². The molecule has 1 aliphatic rings. The van der Waals surface area contributed by atoms with E-state index in [9.17, 15) is 14.5 Å². The molecule has 150 valence electrons. The van der Waals surface area contributed by atoms with Crippen LogP contribution in [0.5, 0.6) is 0 Å². The number of non-ortho nitro benzene ring substituents is 1. The minimum Gasteiger partial charge on any atom is -0.258 e. The van der Waals surface area contributed by atoms with Gasteiger partial charge in [-0.1, -0.05) is 12.1 Å². The van der Waals surface area contributed by atoms with E-state index in [2.05, 4.69) is 10.1 Å². The first-order valence-electron chi connectivity index (χ1n) is 9.58. The van der Waals surface area contributed by atoms with Gasteiger partial charge in [0.2, 0.25) is 0 Å². The number of hydrogen-bond acceptors (Lipinski definition) is 5. The van der Waals surface area contributed by atoms with Gasteiger partial charge in [-0.15, -0.1) is 0 Å². The minimum atomic E-state index is -0.439. The first-order valence-corrected chi connectivity index (χ1v) is 9.58. The lowest BCUT2D eigenvalue weighted by Crippen LogP contribution is -2.05. The van der Waals surface area contributed by atoms with Crippen LogP contribution in [-0.2, 0) is 19.4 Å². The highest BCUT2D eigenvalue weighted by Gasteiger charge is 2.23. The molecule has 9 heteroatoms. The molecule has 0 bridgehead atoms. The zero-order chi connectivity index (χ0) is 20.7. The highest BCUT2D eigenvalue weighted by Crippen LogP contribution is 2.28. The number of rotatable bonds is 5. The second-order valence-electron chi connectivity index (χ2n) is 7.19. The van der Waals surface area contributed by atoms with E-state index in [0.29, 0.717) is 17.9 Å². The van der Waals surface area contributed by atoms with Crippen molar-refractivity contribution in [3.05, 3.63) is 87.7 Å². The second kappa shape index (κ2) is 7.18. The number of fused-ring (bicyclic) bond motifs is 1. The van der Waals surface area contributed by atoms with Crippen molar-refractivity contribution in [1.82, 2.24) is 24.5 Å². The third kappa shape index (κ3) is 3.24. The molecule has 2 heterocycles. The van der Waals surface area contributed by atoms with E-state index in [1.54, 1.807) is 35.3 Å². The van der Waals surface area contributed by atoms with Crippen molar-refractivity contribution in [3.8, 4) is 17.1 Å². The Balaban J connectivity index is 1.45. The zero-order valence-electron chi connectivity index (χ0n) is 15.9. The normalized spacial score (nSPS) is 12.8. The van der Waals surface area contributed by atoms with Gasteiger partial charge < -0.3 is 0 Å². The molecule has 8 nitrogen and oxygen atoms in total. The van der Waals surface area contributed by atoms with Crippen LogP contribution in [0.15, 0.2) is 54.9 Å². The molecule has 5 rings (SSSR count). The highest BCUT2D eigenvalue weighted by molar-refractivity contribution is 5.58. The van der Waals surface area contributed by atoms with Crippen LogP contribution >= 0.6 is 0 Å². The van der Waals surface area contributed by atoms with Gasteiger partial charge in [-0.2, -0.15) is 10.2 Å². The molecule has 1 aliphatic carbocycles. The topological polar surface area (TPSA) is 91.7 Å². The summed E-state index contributed by atoms with van der Waals surface area (Å²) in [4.78, 5) is 14.9. The largest absolute Gasteiger partial charge is 0.270 e. The van der Waals surface area contributed by atoms with Crippen LogP contribution in [0, 0.1) is 15.9 Å². The Labute approximate surface area is 170 Å². The van der Waals surface area contributed by atoms with Crippen LogP contribution in [0.3, 0.4) is 0 Å². The molecular formula is C21H17FN6O2. The molecule has 2 aromatic heterocycles. The average molecular weight is 404 g/mol. The van der Waals surface area contributed by atoms with Gasteiger partial charge in [0, 0.05) is 23.4 Å². The molecular weight excluding hydrogens is 387 g/mol. The fraction of sp³-hybridized carbons (Fsp3) is 0.190. The summed E-state index contributed by atoms with van der Waals surface area (Å²) in [6.07, 6.45) is 4.53. The van der Waals surface area contributed by atoms with Crippen LogP contribution in [0.4, 0.5) is 10.1 Å². The fourth-order valence-electron chi connectivity index (χ4n) is 3.85. The number of halogens is 1. The van der Waals surface area contributed by atoms with Crippen LogP contribution in [0.1, 0.15) is 23.4 Å². The van der Waals surface area contributed by atoms with Crippen molar-refractivity contribution in [2.75, 3.05) is 0 Å². The SMILES string of the molecule is O=[N+]([O-])c1cccc(-c2ncn(Cc3nn(-c4ccc(F)cc4)c4c3CCC4)n2)c1. The van der Waals surface area contributed by atoms with Crippen molar-refractivity contribution < 1.29 is 9.31 Å². The van der Waals surface area contributed by atoms with Crippen molar-refractivity contribution in [1.29, 1.82) is 0 Å². The fourth-order valence-corrected chi connectivity index (χ4v) is 3.85. The summed E-state index contributed by atoms with van der Waals surface area (Å²) in [5, 5.41) is 20.2. The lowest BCUT2D eigenvalue weighted by Gasteiger charge is -2.05. The maximum Gasteiger partial charge on any atom is 0.270 e. The predicted molar refractivity (Wildman–Crippen MR) is 107 cm³/mol. The Morgan fingerprint density at radius 2 is 1.93 bits per heavy atom. The molecule has 0 N–H and O–H groups in total. The van der Waals surface area contributed by atoms with Gasteiger partial charge in [0.05, 0.1) is 22.8 Å². The number of benzene rings is 2. The molecule has 0 amide bonds.